The van der Waals surface area contributed by atoms with Gasteiger partial charge in [-0.3, -0.25) is 9.36 Å². The van der Waals surface area contributed by atoms with E-state index in [0.29, 0.717) is 22.2 Å². The van der Waals surface area contributed by atoms with Crippen LogP contribution in [0.25, 0.3) is 16.6 Å². The number of hydrogen-bond acceptors (Lipinski definition) is 5. The van der Waals surface area contributed by atoms with Crippen LogP contribution in [0.1, 0.15) is 22.5 Å². The number of benzene rings is 3. The molecule has 34 heavy (non-hydrogen) atoms. The highest BCUT2D eigenvalue weighted by Crippen LogP contribution is 2.23. The molecule has 4 aromatic rings. The van der Waals surface area contributed by atoms with E-state index in [1.165, 1.54) is 17.7 Å². The Morgan fingerprint density at radius 2 is 1.82 bits per heavy atom. The lowest BCUT2D eigenvalue weighted by Gasteiger charge is -2.17. The molecule has 4 rings (SSSR count). The van der Waals surface area contributed by atoms with Crippen LogP contribution in [0, 0.1) is 13.8 Å². The van der Waals surface area contributed by atoms with Crippen molar-refractivity contribution in [3.63, 3.8) is 0 Å². The summed E-state index contributed by atoms with van der Waals surface area (Å²) in [6.07, 6.45) is 0. The molecule has 0 bridgehead atoms. The van der Waals surface area contributed by atoms with E-state index in [1.54, 1.807) is 36.4 Å². The van der Waals surface area contributed by atoms with E-state index in [4.69, 9.17) is 16.3 Å². The average Bonchev–Trinajstić information content (AvgIpc) is 2.80. The minimum absolute atomic E-state index is 0.0167. The topological polar surface area (TPSA) is 90.3 Å². The predicted molar refractivity (Wildman–Crippen MR) is 133 cm³/mol. The predicted octanol–water partition coefficient (Wildman–Crippen LogP) is 4.28. The van der Waals surface area contributed by atoms with Crippen molar-refractivity contribution >= 4 is 32.5 Å². The summed E-state index contributed by atoms with van der Waals surface area (Å²) < 4.78 is 35.6. The number of fused-ring (bicyclic) bond motifs is 1. The van der Waals surface area contributed by atoms with Crippen LogP contribution in [0.4, 0.5) is 0 Å². The van der Waals surface area contributed by atoms with Gasteiger partial charge in [0.25, 0.3) is 5.56 Å². The highest BCUT2D eigenvalue weighted by molar-refractivity contribution is 7.89. The van der Waals surface area contributed by atoms with Crippen molar-refractivity contribution in [3.8, 4) is 5.69 Å². The first-order valence-corrected chi connectivity index (χ1v) is 12.4. The molecule has 1 aromatic heterocycles. The zero-order valence-corrected chi connectivity index (χ0v) is 20.6. The van der Waals surface area contributed by atoms with Crippen molar-refractivity contribution in [2.75, 3.05) is 7.11 Å². The van der Waals surface area contributed by atoms with Crippen molar-refractivity contribution in [1.29, 1.82) is 0 Å². The van der Waals surface area contributed by atoms with Crippen molar-refractivity contribution in [2.24, 2.45) is 0 Å². The molecule has 176 valence electrons. The molecule has 0 saturated carbocycles. The molecule has 3 aromatic carbocycles. The van der Waals surface area contributed by atoms with E-state index in [-0.39, 0.29) is 34.5 Å². The monoisotopic (exact) mass is 497 g/mol. The quantitative estimate of drug-likeness (QED) is 0.411. The Hall–Kier alpha value is -3.04. The largest absolute Gasteiger partial charge is 0.380 e. The minimum Gasteiger partial charge on any atom is -0.380 e. The first kappa shape index (κ1) is 24.1. The van der Waals surface area contributed by atoms with Gasteiger partial charge in [0, 0.05) is 12.1 Å². The van der Waals surface area contributed by atoms with Gasteiger partial charge in [0.05, 0.1) is 34.6 Å². The zero-order chi connectivity index (χ0) is 24.5. The van der Waals surface area contributed by atoms with Crippen LogP contribution in [0.2, 0.25) is 5.02 Å². The first-order chi connectivity index (χ1) is 16.2. The smallest absolute Gasteiger partial charge is 0.266 e. The zero-order valence-electron chi connectivity index (χ0n) is 19.0. The average molecular weight is 498 g/mol. The second-order valence-corrected chi connectivity index (χ2v) is 10.2. The number of rotatable bonds is 7. The van der Waals surface area contributed by atoms with Gasteiger partial charge < -0.3 is 4.74 Å². The van der Waals surface area contributed by atoms with Crippen LogP contribution in [0.15, 0.2) is 70.4 Å². The molecule has 0 aliphatic rings. The summed E-state index contributed by atoms with van der Waals surface area (Å²) in [4.78, 5) is 18.1. The Bertz CT molecular complexity index is 1550. The third-order valence-electron chi connectivity index (χ3n) is 5.48. The molecule has 0 fully saturated rings. The Labute approximate surface area is 203 Å². The van der Waals surface area contributed by atoms with E-state index >= 15 is 0 Å². The number of halogens is 1. The maximum absolute atomic E-state index is 13.5. The second kappa shape index (κ2) is 9.68. The number of para-hydroxylation sites is 1. The number of sulfonamides is 1. The van der Waals surface area contributed by atoms with Crippen LogP contribution in [0.3, 0.4) is 0 Å². The molecule has 1 heterocycles. The molecule has 7 nitrogen and oxygen atoms in total. The fraction of sp³-hybridized carbons (Fsp3) is 0.200. The lowest BCUT2D eigenvalue weighted by Crippen LogP contribution is -2.31. The Balaban J connectivity index is 1.82. The van der Waals surface area contributed by atoms with Crippen LogP contribution >= 0.6 is 11.6 Å². The lowest BCUT2D eigenvalue weighted by molar-refractivity contribution is 0.182. The van der Waals surface area contributed by atoms with Gasteiger partial charge in [-0.25, -0.2) is 18.1 Å². The molecular formula is C25H24ClN3O4S. The SMILES string of the molecule is COCc1ccc(Cl)cc1S(=O)(=O)NCc1nc2ccccc2c(=O)n1-c1ccc(C)cc1C. The second-order valence-electron chi connectivity index (χ2n) is 7.99. The molecule has 0 amide bonds. The number of aromatic nitrogens is 2. The number of ether oxygens (including phenoxy) is 1. The van der Waals surface area contributed by atoms with Gasteiger partial charge in [-0.1, -0.05) is 47.5 Å². The summed E-state index contributed by atoms with van der Waals surface area (Å²) in [5, 5.41) is 0.738. The molecule has 0 radical (unpaired) electrons. The van der Waals surface area contributed by atoms with Gasteiger partial charge in [-0.15, -0.1) is 0 Å². The molecule has 0 aliphatic carbocycles. The summed E-state index contributed by atoms with van der Waals surface area (Å²) >= 11 is 6.07. The third kappa shape index (κ3) is 4.76. The van der Waals surface area contributed by atoms with E-state index in [2.05, 4.69) is 9.71 Å². The van der Waals surface area contributed by atoms with Crippen LogP contribution in [-0.2, 0) is 27.9 Å². The van der Waals surface area contributed by atoms with Gasteiger partial charge in [-0.2, -0.15) is 0 Å². The third-order valence-corrected chi connectivity index (χ3v) is 7.20. The molecule has 0 spiro atoms. The van der Waals surface area contributed by atoms with Crippen LogP contribution in [-0.4, -0.2) is 25.1 Å². The Morgan fingerprint density at radius 3 is 2.56 bits per heavy atom. The summed E-state index contributed by atoms with van der Waals surface area (Å²) in [6, 6.07) is 17.3. The van der Waals surface area contributed by atoms with Gasteiger partial charge in [0.2, 0.25) is 10.0 Å². The van der Waals surface area contributed by atoms with Gasteiger partial charge >= 0.3 is 0 Å². The summed E-state index contributed by atoms with van der Waals surface area (Å²) in [7, 11) is -2.50. The molecule has 0 aliphatic heterocycles. The fourth-order valence-electron chi connectivity index (χ4n) is 3.89. The fourth-order valence-corrected chi connectivity index (χ4v) is 5.36. The normalized spacial score (nSPS) is 11.8. The molecule has 9 heteroatoms. The Morgan fingerprint density at radius 1 is 1.06 bits per heavy atom. The molecule has 1 N–H and O–H groups in total. The Kier molecular flexibility index (Phi) is 6.86. The lowest BCUT2D eigenvalue weighted by atomic mass is 10.1. The highest BCUT2D eigenvalue weighted by atomic mass is 35.5. The van der Waals surface area contributed by atoms with Gasteiger partial charge in [-0.05, 0) is 55.3 Å². The van der Waals surface area contributed by atoms with Gasteiger partial charge in [0.15, 0.2) is 0 Å². The van der Waals surface area contributed by atoms with E-state index in [1.807, 2.05) is 32.0 Å². The summed E-state index contributed by atoms with van der Waals surface area (Å²) in [5.41, 5.74) is 3.26. The maximum Gasteiger partial charge on any atom is 0.266 e. The maximum atomic E-state index is 13.5. The minimum atomic E-state index is -3.99. The van der Waals surface area contributed by atoms with Gasteiger partial charge in [0.1, 0.15) is 5.82 Å². The molecule has 0 saturated heterocycles. The van der Waals surface area contributed by atoms with E-state index in [0.717, 1.165) is 11.1 Å². The highest BCUT2D eigenvalue weighted by Gasteiger charge is 2.21. The van der Waals surface area contributed by atoms with Crippen molar-refractivity contribution in [1.82, 2.24) is 14.3 Å². The van der Waals surface area contributed by atoms with Crippen LogP contribution < -0.4 is 10.3 Å². The number of aryl methyl sites for hydroxylation is 2. The number of hydrogen-bond donors (Lipinski definition) is 1. The van der Waals surface area contributed by atoms with E-state index < -0.39 is 10.0 Å². The first-order valence-electron chi connectivity index (χ1n) is 10.6. The molecule has 0 atom stereocenters. The van der Waals surface area contributed by atoms with E-state index in [9.17, 15) is 13.2 Å². The number of methoxy groups -OCH3 is 1. The standard InChI is InChI=1S/C25H24ClN3O4S/c1-16-8-11-22(17(2)12-16)29-24(28-21-7-5-4-6-20(21)25(29)30)14-27-34(31,32)23-13-19(26)10-9-18(23)15-33-3/h4-13,27H,14-15H2,1-3H3. The van der Waals surface area contributed by atoms with Crippen LogP contribution in [0.5, 0.6) is 0 Å². The summed E-state index contributed by atoms with van der Waals surface area (Å²) in [6.45, 7) is 3.78. The molecular weight excluding hydrogens is 474 g/mol. The van der Waals surface area contributed by atoms with Crippen molar-refractivity contribution in [3.05, 3.63) is 98.6 Å². The van der Waals surface area contributed by atoms with Crippen molar-refractivity contribution in [2.45, 2.75) is 31.9 Å². The molecule has 0 unspecified atom stereocenters. The number of nitrogens with one attached hydrogen (secondary N) is 1. The van der Waals surface area contributed by atoms with Crippen molar-refractivity contribution < 1.29 is 13.2 Å². The summed E-state index contributed by atoms with van der Waals surface area (Å²) in [5.74, 6) is 0.273. The number of nitrogens with zero attached hydrogens (tertiary/aromatic N) is 2.